The first-order valence-electron chi connectivity index (χ1n) is 7.85. The number of ether oxygens (including phenoxy) is 1. The van der Waals surface area contributed by atoms with E-state index >= 15 is 0 Å². The number of rotatable bonds is 5. The number of hydrogen-bond donors (Lipinski definition) is 1. The number of halogens is 3. The van der Waals surface area contributed by atoms with E-state index in [-0.39, 0.29) is 37.6 Å². The van der Waals surface area contributed by atoms with Crippen LogP contribution >= 0.6 is 23.2 Å². The van der Waals surface area contributed by atoms with Crippen molar-refractivity contribution in [3.63, 3.8) is 0 Å². The molecule has 0 saturated carbocycles. The highest BCUT2D eigenvalue weighted by Crippen LogP contribution is 2.27. The molecule has 1 aromatic carbocycles. The van der Waals surface area contributed by atoms with Gasteiger partial charge in [0.1, 0.15) is 22.5 Å². The molecule has 0 saturated heterocycles. The quantitative estimate of drug-likeness (QED) is 0.644. The first-order valence-corrected chi connectivity index (χ1v) is 10.1. The lowest BCUT2D eigenvalue weighted by molar-refractivity contribution is 0.0977. The molecule has 3 aromatic rings. The number of hydrogen-bond acceptors (Lipinski definition) is 5. The van der Waals surface area contributed by atoms with E-state index < -0.39 is 22.1 Å². The van der Waals surface area contributed by atoms with Crippen LogP contribution < -0.4 is 9.46 Å². The van der Waals surface area contributed by atoms with Gasteiger partial charge in [-0.2, -0.15) is 0 Å². The lowest BCUT2D eigenvalue weighted by Crippen LogP contribution is -2.31. The van der Waals surface area contributed by atoms with Crippen LogP contribution in [0.1, 0.15) is 29.1 Å². The number of methoxy groups -OCH3 is 1. The first kappa shape index (κ1) is 20.4. The molecule has 2 aromatic heterocycles. The Morgan fingerprint density at radius 3 is 2.61 bits per heavy atom. The lowest BCUT2D eigenvalue weighted by atomic mass is 10.2. The van der Waals surface area contributed by atoms with Gasteiger partial charge in [0.15, 0.2) is 5.65 Å². The van der Waals surface area contributed by atoms with Crippen LogP contribution in [0.15, 0.2) is 41.6 Å². The van der Waals surface area contributed by atoms with Gasteiger partial charge in [-0.05, 0) is 25.1 Å². The summed E-state index contributed by atoms with van der Waals surface area (Å²) in [6.07, 6.45) is 1.39. The SMILES string of the molecule is COc1ccc(Cl)c(S(=O)(=O)NC(=O)c2cn3cc(C(C)F)cc(Cl)c3n2)c1. The summed E-state index contributed by atoms with van der Waals surface area (Å²) in [4.78, 5) is 16.1. The van der Waals surface area contributed by atoms with Crippen molar-refractivity contribution >= 4 is 44.8 Å². The number of aromatic nitrogens is 2. The van der Waals surface area contributed by atoms with Crippen LogP contribution in [0.4, 0.5) is 4.39 Å². The molecular weight excluding hydrogens is 432 g/mol. The Morgan fingerprint density at radius 1 is 1.25 bits per heavy atom. The highest BCUT2D eigenvalue weighted by Gasteiger charge is 2.24. The van der Waals surface area contributed by atoms with Gasteiger partial charge in [-0.15, -0.1) is 0 Å². The Hall–Kier alpha value is -2.36. The normalized spacial score (nSPS) is 12.8. The number of sulfonamides is 1. The van der Waals surface area contributed by atoms with Crippen molar-refractivity contribution in [2.75, 3.05) is 7.11 Å². The van der Waals surface area contributed by atoms with Crippen molar-refractivity contribution in [1.29, 1.82) is 0 Å². The number of carbonyl (C=O) groups excluding carboxylic acids is 1. The number of amides is 1. The summed E-state index contributed by atoms with van der Waals surface area (Å²) in [5, 5.41) is 0.0421. The van der Waals surface area contributed by atoms with Gasteiger partial charge in [0.05, 0.1) is 17.2 Å². The molecule has 0 bridgehead atoms. The van der Waals surface area contributed by atoms with Gasteiger partial charge in [-0.3, -0.25) is 4.79 Å². The third-order valence-corrected chi connectivity index (χ3v) is 5.97. The molecule has 0 radical (unpaired) electrons. The van der Waals surface area contributed by atoms with Gasteiger partial charge in [-0.1, -0.05) is 23.2 Å². The highest BCUT2D eigenvalue weighted by molar-refractivity contribution is 7.90. The van der Waals surface area contributed by atoms with Crippen molar-refractivity contribution in [3.05, 3.63) is 58.0 Å². The molecule has 7 nitrogen and oxygen atoms in total. The second kappa shape index (κ2) is 7.57. The predicted molar refractivity (Wildman–Crippen MR) is 102 cm³/mol. The van der Waals surface area contributed by atoms with Crippen LogP contribution in [0.3, 0.4) is 0 Å². The molecule has 1 atom stereocenters. The number of pyridine rings is 1. The molecule has 0 aliphatic rings. The zero-order valence-corrected chi connectivity index (χ0v) is 16.9. The topological polar surface area (TPSA) is 89.8 Å². The molecule has 148 valence electrons. The van der Waals surface area contributed by atoms with E-state index in [1.807, 2.05) is 4.72 Å². The van der Waals surface area contributed by atoms with Crippen LogP contribution in [0.25, 0.3) is 5.65 Å². The van der Waals surface area contributed by atoms with E-state index in [0.29, 0.717) is 0 Å². The van der Waals surface area contributed by atoms with Gasteiger partial charge >= 0.3 is 0 Å². The summed E-state index contributed by atoms with van der Waals surface area (Å²) in [7, 11) is -2.93. The third kappa shape index (κ3) is 3.91. The van der Waals surface area contributed by atoms with E-state index in [9.17, 15) is 17.6 Å². The Morgan fingerprint density at radius 2 is 1.96 bits per heavy atom. The summed E-state index contributed by atoms with van der Waals surface area (Å²) in [6.45, 7) is 1.34. The molecule has 1 amide bonds. The smallest absolute Gasteiger partial charge is 0.285 e. The fraction of sp³-hybridized carbons (Fsp3) is 0.176. The van der Waals surface area contributed by atoms with Crippen molar-refractivity contribution < 1.29 is 22.3 Å². The minimum absolute atomic E-state index is 0.0827. The van der Waals surface area contributed by atoms with Crippen molar-refractivity contribution in [1.82, 2.24) is 14.1 Å². The van der Waals surface area contributed by atoms with E-state index in [2.05, 4.69) is 4.98 Å². The summed E-state index contributed by atoms with van der Waals surface area (Å²) < 4.78 is 46.9. The van der Waals surface area contributed by atoms with Crippen molar-refractivity contribution in [3.8, 4) is 5.75 Å². The Balaban J connectivity index is 1.95. The summed E-state index contributed by atoms with van der Waals surface area (Å²) in [6, 6.07) is 5.40. The molecule has 0 aliphatic heterocycles. The molecule has 1 unspecified atom stereocenters. The first-order chi connectivity index (χ1) is 13.1. The summed E-state index contributed by atoms with van der Waals surface area (Å²) in [5.74, 6) is -0.738. The van der Waals surface area contributed by atoms with E-state index in [4.69, 9.17) is 27.9 Å². The monoisotopic (exact) mass is 445 g/mol. The Kier molecular flexibility index (Phi) is 5.51. The molecular formula is C17H14Cl2FN3O4S. The molecule has 1 N–H and O–H groups in total. The second-order valence-corrected chi connectivity index (χ2v) is 8.29. The number of alkyl halides is 1. The van der Waals surface area contributed by atoms with E-state index in [1.54, 1.807) is 0 Å². The van der Waals surface area contributed by atoms with Gasteiger partial charge < -0.3 is 9.14 Å². The molecule has 0 spiro atoms. The molecule has 3 rings (SSSR count). The summed E-state index contributed by atoms with van der Waals surface area (Å²) in [5.41, 5.74) is 0.263. The molecule has 0 fully saturated rings. The standard InChI is InChI=1S/C17H14Cl2FN3O4S/c1-9(20)10-5-13(19)16-21-14(8-23(16)7-10)17(24)22-28(25,26)15-6-11(27-2)3-4-12(15)18/h3-9H,1-2H3,(H,22,24). The van der Waals surface area contributed by atoms with Crippen molar-refractivity contribution in [2.45, 2.75) is 18.0 Å². The summed E-state index contributed by atoms with van der Waals surface area (Å²) >= 11 is 12.0. The van der Waals surface area contributed by atoms with Crippen LogP contribution in [0.5, 0.6) is 5.75 Å². The maximum atomic E-state index is 13.5. The number of nitrogens with one attached hydrogen (secondary N) is 1. The van der Waals surface area contributed by atoms with Crippen LogP contribution in [0, 0.1) is 0 Å². The maximum absolute atomic E-state index is 13.5. The Labute approximate surface area is 170 Å². The van der Waals surface area contributed by atoms with Crippen LogP contribution in [0.2, 0.25) is 10.0 Å². The second-order valence-electron chi connectivity index (χ2n) is 5.83. The third-order valence-electron chi connectivity index (χ3n) is 3.87. The van der Waals surface area contributed by atoms with Gasteiger partial charge in [0.2, 0.25) is 0 Å². The zero-order chi connectivity index (χ0) is 20.6. The van der Waals surface area contributed by atoms with Crippen molar-refractivity contribution in [2.24, 2.45) is 0 Å². The Bertz CT molecular complexity index is 1180. The number of nitrogens with zero attached hydrogens (tertiary/aromatic N) is 2. The van der Waals surface area contributed by atoms with E-state index in [1.165, 1.54) is 55.1 Å². The average Bonchev–Trinajstić information content (AvgIpc) is 3.06. The highest BCUT2D eigenvalue weighted by atomic mass is 35.5. The zero-order valence-electron chi connectivity index (χ0n) is 14.6. The molecule has 2 heterocycles. The van der Waals surface area contributed by atoms with E-state index in [0.717, 1.165) is 0 Å². The number of fused-ring (bicyclic) bond motifs is 1. The lowest BCUT2D eigenvalue weighted by Gasteiger charge is -2.09. The number of imidazole rings is 1. The van der Waals surface area contributed by atoms with Gasteiger partial charge in [-0.25, -0.2) is 22.5 Å². The number of benzene rings is 1. The van der Waals surface area contributed by atoms with Crippen LogP contribution in [-0.2, 0) is 10.0 Å². The molecule has 11 heteroatoms. The van der Waals surface area contributed by atoms with Gasteiger partial charge in [0.25, 0.3) is 15.9 Å². The minimum atomic E-state index is -4.29. The fourth-order valence-corrected chi connectivity index (χ4v) is 4.19. The number of carbonyl (C=O) groups is 1. The average molecular weight is 446 g/mol. The fourth-order valence-electron chi connectivity index (χ4n) is 2.45. The van der Waals surface area contributed by atoms with Gasteiger partial charge in [0, 0.05) is 24.0 Å². The predicted octanol–water partition coefficient (Wildman–Crippen LogP) is 3.80. The largest absolute Gasteiger partial charge is 0.497 e. The maximum Gasteiger partial charge on any atom is 0.285 e. The minimum Gasteiger partial charge on any atom is -0.497 e. The molecule has 28 heavy (non-hydrogen) atoms. The molecule has 0 aliphatic carbocycles. The van der Waals surface area contributed by atoms with Crippen LogP contribution in [-0.4, -0.2) is 30.8 Å².